The van der Waals surface area contributed by atoms with Crippen LogP contribution in [-0.4, -0.2) is 11.2 Å². The number of rotatable bonds is 1. The van der Waals surface area contributed by atoms with E-state index >= 15 is 0 Å². The molecular weight excluding hydrogens is 179 g/mol. The molecule has 1 aliphatic rings. The van der Waals surface area contributed by atoms with Crippen LogP contribution in [0.3, 0.4) is 0 Å². The van der Waals surface area contributed by atoms with Crippen LogP contribution < -0.4 is 0 Å². The normalized spacial score (nSPS) is 36.6. The molecule has 0 aromatic heterocycles. The lowest BCUT2D eigenvalue weighted by molar-refractivity contribution is -0.0474. The van der Waals surface area contributed by atoms with Crippen LogP contribution in [0.4, 0.5) is 4.39 Å². The second-order valence-electron chi connectivity index (χ2n) is 4.29. The average Bonchev–Trinajstić information content (AvgIpc) is 2.21. The molecule has 76 valence electrons. The maximum absolute atomic E-state index is 12.7. The second kappa shape index (κ2) is 3.35. The highest BCUT2D eigenvalue weighted by Gasteiger charge is 2.44. The summed E-state index contributed by atoms with van der Waals surface area (Å²) in [4.78, 5) is 0. The van der Waals surface area contributed by atoms with Crippen molar-refractivity contribution in [2.75, 3.05) is 0 Å². The zero-order valence-electron chi connectivity index (χ0n) is 8.44. The average molecular weight is 194 g/mol. The molecule has 1 aromatic rings. The first kappa shape index (κ1) is 9.66. The predicted octanol–water partition coefficient (Wildman–Crippen LogP) is 2.56. The van der Waals surface area contributed by atoms with Crippen LogP contribution in [0.2, 0.25) is 0 Å². The van der Waals surface area contributed by atoms with Gasteiger partial charge in [-0.2, -0.15) is 0 Å². The molecule has 0 radical (unpaired) electrons. The summed E-state index contributed by atoms with van der Waals surface area (Å²) in [6.07, 6.45) is -0.204. The lowest BCUT2D eigenvalue weighted by atomic mass is 9.61. The Kier molecular flexibility index (Phi) is 2.31. The third kappa shape index (κ3) is 1.34. The molecule has 14 heavy (non-hydrogen) atoms. The van der Waals surface area contributed by atoms with Crippen LogP contribution >= 0.6 is 0 Å². The maximum Gasteiger partial charge on any atom is 0.123 e. The summed E-state index contributed by atoms with van der Waals surface area (Å²) in [6, 6.07) is 6.61. The number of aliphatic hydroxyl groups is 1. The Balaban J connectivity index is 2.20. The summed E-state index contributed by atoms with van der Waals surface area (Å²) in [5.74, 6) is 0.755. The molecule has 2 heteroatoms. The van der Waals surface area contributed by atoms with Crippen molar-refractivity contribution in [1.29, 1.82) is 0 Å². The van der Waals surface area contributed by atoms with Crippen LogP contribution in [0.5, 0.6) is 0 Å². The predicted molar refractivity (Wildman–Crippen MR) is 53.5 cm³/mol. The SMILES string of the molecule is CC1C(O)C(C)C1c1ccc(F)cc1. The molecule has 2 rings (SSSR count). The highest BCUT2D eigenvalue weighted by atomic mass is 19.1. The molecule has 1 saturated carbocycles. The van der Waals surface area contributed by atoms with E-state index in [4.69, 9.17) is 0 Å². The van der Waals surface area contributed by atoms with Crippen molar-refractivity contribution in [3.8, 4) is 0 Å². The highest BCUT2D eigenvalue weighted by Crippen LogP contribution is 2.47. The van der Waals surface area contributed by atoms with Crippen LogP contribution in [0.25, 0.3) is 0 Å². The largest absolute Gasteiger partial charge is 0.393 e. The zero-order chi connectivity index (χ0) is 10.3. The van der Waals surface area contributed by atoms with Gasteiger partial charge in [-0.05, 0) is 35.4 Å². The van der Waals surface area contributed by atoms with Gasteiger partial charge in [0.15, 0.2) is 0 Å². The van der Waals surface area contributed by atoms with Gasteiger partial charge in [0.1, 0.15) is 5.82 Å². The molecule has 0 spiro atoms. The third-order valence-corrected chi connectivity index (χ3v) is 3.47. The van der Waals surface area contributed by atoms with E-state index in [-0.39, 0.29) is 23.8 Å². The summed E-state index contributed by atoms with van der Waals surface area (Å²) in [7, 11) is 0. The molecule has 1 N–H and O–H groups in total. The number of aliphatic hydroxyl groups excluding tert-OH is 1. The lowest BCUT2D eigenvalue weighted by Crippen LogP contribution is -2.46. The van der Waals surface area contributed by atoms with Gasteiger partial charge in [-0.3, -0.25) is 0 Å². The molecule has 1 aromatic carbocycles. The minimum Gasteiger partial charge on any atom is -0.393 e. The standard InChI is InChI=1S/C12H15FO/c1-7-11(8(2)12(7)14)9-3-5-10(13)6-4-9/h3-8,11-12,14H,1-2H3. The molecule has 1 nitrogen and oxygen atoms in total. The molecule has 0 saturated heterocycles. The quantitative estimate of drug-likeness (QED) is 0.728. The van der Waals surface area contributed by atoms with Gasteiger partial charge in [0.25, 0.3) is 0 Å². The topological polar surface area (TPSA) is 20.2 Å². The van der Waals surface area contributed by atoms with Gasteiger partial charge >= 0.3 is 0 Å². The van der Waals surface area contributed by atoms with Gasteiger partial charge < -0.3 is 5.11 Å². The minimum atomic E-state index is -0.204. The molecule has 0 aliphatic heterocycles. The molecule has 2 unspecified atom stereocenters. The van der Waals surface area contributed by atoms with Crippen molar-refractivity contribution in [1.82, 2.24) is 0 Å². The summed E-state index contributed by atoms with van der Waals surface area (Å²) < 4.78 is 12.7. The lowest BCUT2D eigenvalue weighted by Gasteiger charge is -2.46. The smallest absolute Gasteiger partial charge is 0.123 e. The Morgan fingerprint density at radius 1 is 1.07 bits per heavy atom. The van der Waals surface area contributed by atoms with Crippen molar-refractivity contribution in [2.45, 2.75) is 25.9 Å². The van der Waals surface area contributed by atoms with Crippen LogP contribution in [0.1, 0.15) is 25.3 Å². The molecule has 1 aliphatic carbocycles. The Hall–Kier alpha value is -0.890. The van der Waals surface area contributed by atoms with Crippen LogP contribution in [-0.2, 0) is 0 Å². The fraction of sp³-hybridized carbons (Fsp3) is 0.500. The number of benzene rings is 1. The van der Waals surface area contributed by atoms with Gasteiger partial charge in [-0.25, -0.2) is 4.39 Å². The molecule has 0 amide bonds. The molecule has 1 fully saturated rings. The fourth-order valence-corrected chi connectivity index (χ4v) is 2.53. The number of hydrogen-bond acceptors (Lipinski definition) is 1. The van der Waals surface area contributed by atoms with Crippen molar-refractivity contribution in [3.05, 3.63) is 35.6 Å². The summed E-state index contributed by atoms with van der Waals surface area (Å²) in [5, 5.41) is 9.60. The monoisotopic (exact) mass is 194 g/mol. The van der Waals surface area contributed by atoms with E-state index in [0.29, 0.717) is 5.92 Å². The van der Waals surface area contributed by atoms with Crippen molar-refractivity contribution in [2.24, 2.45) is 11.8 Å². The van der Waals surface area contributed by atoms with Crippen LogP contribution in [0.15, 0.2) is 24.3 Å². The summed E-state index contributed by atoms with van der Waals surface area (Å²) >= 11 is 0. The van der Waals surface area contributed by atoms with Gasteiger partial charge in [0, 0.05) is 0 Å². The van der Waals surface area contributed by atoms with E-state index in [1.54, 1.807) is 0 Å². The Morgan fingerprint density at radius 3 is 2.07 bits per heavy atom. The molecule has 0 heterocycles. The van der Waals surface area contributed by atoms with E-state index in [9.17, 15) is 9.50 Å². The Labute approximate surface area is 83.6 Å². The van der Waals surface area contributed by atoms with Gasteiger partial charge in [0.05, 0.1) is 6.10 Å². The third-order valence-electron chi connectivity index (χ3n) is 3.47. The number of halogens is 1. The summed E-state index contributed by atoms with van der Waals surface area (Å²) in [5.41, 5.74) is 1.14. The Morgan fingerprint density at radius 2 is 1.57 bits per heavy atom. The van der Waals surface area contributed by atoms with Crippen LogP contribution in [0, 0.1) is 17.7 Å². The molecule has 2 atom stereocenters. The minimum absolute atomic E-state index is 0.200. The number of hydrogen-bond donors (Lipinski definition) is 1. The van der Waals surface area contributed by atoms with Crippen molar-refractivity contribution < 1.29 is 9.50 Å². The first-order chi connectivity index (χ1) is 6.61. The van der Waals surface area contributed by atoms with Gasteiger partial charge in [-0.15, -0.1) is 0 Å². The van der Waals surface area contributed by atoms with E-state index in [1.165, 1.54) is 12.1 Å². The first-order valence-corrected chi connectivity index (χ1v) is 5.05. The van der Waals surface area contributed by atoms with Crippen molar-refractivity contribution >= 4 is 0 Å². The van der Waals surface area contributed by atoms with E-state index in [1.807, 2.05) is 26.0 Å². The summed E-state index contributed by atoms with van der Waals surface area (Å²) in [6.45, 7) is 4.08. The second-order valence-corrected chi connectivity index (χ2v) is 4.29. The van der Waals surface area contributed by atoms with E-state index < -0.39 is 0 Å². The maximum atomic E-state index is 12.7. The highest BCUT2D eigenvalue weighted by molar-refractivity contribution is 5.25. The molecule has 0 bridgehead atoms. The van der Waals surface area contributed by atoms with E-state index in [2.05, 4.69) is 0 Å². The van der Waals surface area contributed by atoms with Gasteiger partial charge in [0.2, 0.25) is 0 Å². The molecular formula is C12H15FO. The first-order valence-electron chi connectivity index (χ1n) is 5.05. The van der Waals surface area contributed by atoms with E-state index in [0.717, 1.165) is 5.56 Å². The Bertz CT molecular complexity index is 310. The van der Waals surface area contributed by atoms with Crippen molar-refractivity contribution in [3.63, 3.8) is 0 Å². The fourth-order valence-electron chi connectivity index (χ4n) is 2.53. The zero-order valence-corrected chi connectivity index (χ0v) is 8.44. The van der Waals surface area contributed by atoms with Gasteiger partial charge in [-0.1, -0.05) is 26.0 Å².